The second kappa shape index (κ2) is 8.40. The van der Waals surface area contributed by atoms with Crippen LogP contribution in [0.2, 0.25) is 0 Å². The summed E-state index contributed by atoms with van der Waals surface area (Å²) in [6.45, 7) is 0. The van der Waals surface area contributed by atoms with E-state index in [4.69, 9.17) is 10.8 Å². The van der Waals surface area contributed by atoms with Crippen LogP contribution in [0.3, 0.4) is 0 Å². The van der Waals surface area contributed by atoms with Crippen LogP contribution >= 0.6 is 12.6 Å². The number of esters is 1. The lowest BCUT2D eigenvalue weighted by Gasteiger charge is -2.20. The highest BCUT2D eigenvalue weighted by Gasteiger charge is 2.31. The summed E-state index contributed by atoms with van der Waals surface area (Å²) < 4.78 is 4.64. The van der Waals surface area contributed by atoms with E-state index in [0.29, 0.717) is 0 Å². The third kappa shape index (κ3) is 5.05. The number of amides is 1. The summed E-state index contributed by atoms with van der Waals surface area (Å²) in [4.78, 5) is 34.5. The number of aliphatic carboxylic acids is 1. The molecule has 0 aromatic heterocycles. The van der Waals surface area contributed by atoms with Crippen molar-refractivity contribution in [2.45, 2.75) is 23.8 Å². The number of carbonyl (C=O) groups is 3. The first kappa shape index (κ1) is 18.0. The predicted molar refractivity (Wildman–Crippen MR) is 82.5 cm³/mol. The number of benzene rings is 1. The number of rotatable bonds is 7. The lowest BCUT2D eigenvalue weighted by atomic mass is 10.1. The molecule has 3 unspecified atom stereocenters. The van der Waals surface area contributed by atoms with E-state index >= 15 is 0 Å². The monoisotopic (exact) mass is 326 g/mol. The van der Waals surface area contributed by atoms with Crippen LogP contribution in [0.4, 0.5) is 0 Å². The molecular formula is C14H18N2O5S. The first-order chi connectivity index (χ1) is 10.4. The first-order valence-corrected chi connectivity index (χ1v) is 6.97. The van der Waals surface area contributed by atoms with Gasteiger partial charge in [0.15, 0.2) is 0 Å². The van der Waals surface area contributed by atoms with E-state index in [0.717, 1.165) is 5.56 Å². The zero-order valence-electron chi connectivity index (χ0n) is 11.9. The number of thiol groups is 1. The average Bonchev–Trinajstić information content (AvgIpc) is 2.52. The molecule has 4 N–H and O–H groups in total. The van der Waals surface area contributed by atoms with E-state index in [1.54, 1.807) is 24.3 Å². The topological polar surface area (TPSA) is 119 Å². The Balaban J connectivity index is 2.79. The fourth-order valence-corrected chi connectivity index (χ4v) is 1.89. The molecule has 120 valence electrons. The van der Waals surface area contributed by atoms with E-state index < -0.39 is 35.2 Å². The molecule has 0 heterocycles. The lowest BCUT2D eigenvalue weighted by Crippen LogP contribution is -2.54. The van der Waals surface area contributed by atoms with Gasteiger partial charge in [0.1, 0.15) is 17.3 Å². The summed E-state index contributed by atoms with van der Waals surface area (Å²) in [5, 5.41) is 9.83. The number of methoxy groups -OCH3 is 1. The van der Waals surface area contributed by atoms with Crippen LogP contribution in [-0.4, -0.2) is 47.4 Å². The maximum Gasteiger partial charge on any atom is 0.328 e. The highest BCUT2D eigenvalue weighted by atomic mass is 32.1. The minimum absolute atomic E-state index is 0.205. The Hall–Kier alpha value is -2.06. The molecule has 0 bridgehead atoms. The quantitative estimate of drug-likeness (QED) is 0.400. The van der Waals surface area contributed by atoms with Crippen molar-refractivity contribution < 1.29 is 24.2 Å². The number of nitrogens with two attached hydrogens (primary N) is 1. The van der Waals surface area contributed by atoms with Gasteiger partial charge in [-0.05, 0) is 5.56 Å². The van der Waals surface area contributed by atoms with Gasteiger partial charge in [0.2, 0.25) is 5.91 Å². The molecule has 0 saturated carbocycles. The molecule has 0 aliphatic carbocycles. The van der Waals surface area contributed by atoms with Gasteiger partial charge in [-0.1, -0.05) is 30.3 Å². The molecule has 1 aromatic carbocycles. The lowest BCUT2D eigenvalue weighted by molar-refractivity contribution is -0.145. The highest BCUT2D eigenvalue weighted by molar-refractivity contribution is 7.81. The van der Waals surface area contributed by atoms with Gasteiger partial charge in [0.05, 0.1) is 7.11 Å². The molecule has 1 rings (SSSR count). The smallest absolute Gasteiger partial charge is 0.328 e. The van der Waals surface area contributed by atoms with Crippen molar-refractivity contribution in [3.05, 3.63) is 35.9 Å². The third-order valence-corrected chi connectivity index (χ3v) is 3.52. The van der Waals surface area contributed by atoms with Crippen molar-refractivity contribution in [2.24, 2.45) is 5.73 Å². The van der Waals surface area contributed by atoms with Crippen molar-refractivity contribution in [2.75, 3.05) is 7.11 Å². The molecule has 0 saturated heterocycles. The van der Waals surface area contributed by atoms with Gasteiger partial charge >= 0.3 is 11.9 Å². The number of hydrogen-bond donors (Lipinski definition) is 4. The number of carbonyl (C=O) groups excluding carboxylic acids is 2. The molecule has 0 spiro atoms. The van der Waals surface area contributed by atoms with Crippen LogP contribution in [0, 0.1) is 0 Å². The van der Waals surface area contributed by atoms with Crippen molar-refractivity contribution in [1.82, 2.24) is 5.32 Å². The van der Waals surface area contributed by atoms with Gasteiger partial charge < -0.3 is 20.9 Å². The summed E-state index contributed by atoms with van der Waals surface area (Å²) >= 11 is 3.75. The fraction of sp³-hybridized carbons (Fsp3) is 0.357. The van der Waals surface area contributed by atoms with Crippen molar-refractivity contribution in [1.29, 1.82) is 0 Å². The number of ether oxygens (including phenoxy) is 1. The molecule has 0 aliphatic heterocycles. The van der Waals surface area contributed by atoms with Crippen LogP contribution in [0.25, 0.3) is 0 Å². The standard InChI is InChI=1S/C14H18N2O5S/c1-21-14(20)9(7-8-5-3-2-4-6-8)16-12(17)10(15)11(22)13(18)19/h2-6,9-11,22H,7,15H2,1H3,(H,16,17)(H,18,19). The van der Waals surface area contributed by atoms with E-state index in [-0.39, 0.29) is 6.42 Å². The first-order valence-electron chi connectivity index (χ1n) is 6.45. The Kier molecular flexibility index (Phi) is 6.87. The average molecular weight is 326 g/mol. The molecule has 22 heavy (non-hydrogen) atoms. The van der Waals surface area contributed by atoms with Crippen molar-refractivity contribution >= 4 is 30.5 Å². The van der Waals surface area contributed by atoms with Gasteiger partial charge in [-0.2, -0.15) is 12.6 Å². The van der Waals surface area contributed by atoms with E-state index in [1.807, 2.05) is 6.07 Å². The molecule has 0 radical (unpaired) electrons. The Morgan fingerprint density at radius 1 is 1.32 bits per heavy atom. The number of carboxylic acid groups (broad SMARTS) is 1. The van der Waals surface area contributed by atoms with Gasteiger partial charge in [0, 0.05) is 6.42 Å². The molecule has 7 nitrogen and oxygen atoms in total. The molecule has 0 aliphatic rings. The van der Waals surface area contributed by atoms with Crippen LogP contribution in [0.15, 0.2) is 30.3 Å². The van der Waals surface area contributed by atoms with Gasteiger partial charge in [-0.3, -0.25) is 9.59 Å². The van der Waals surface area contributed by atoms with Crippen LogP contribution in [-0.2, 0) is 25.5 Å². The number of nitrogens with one attached hydrogen (secondary N) is 1. The van der Waals surface area contributed by atoms with Crippen LogP contribution < -0.4 is 11.1 Å². The molecule has 3 atom stereocenters. The summed E-state index contributed by atoms with van der Waals surface area (Å²) in [6, 6.07) is 6.66. The van der Waals surface area contributed by atoms with Gasteiger partial charge in [0.25, 0.3) is 0 Å². The number of carboxylic acids is 1. The zero-order valence-corrected chi connectivity index (χ0v) is 12.8. The SMILES string of the molecule is COC(=O)C(Cc1ccccc1)NC(=O)C(N)C(S)C(=O)O. The van der Waals surface area contributed by atoms with Crippen molar-refractivity contribution in [3.8, 4) is 0 Å². The Labute approximate surface area is 133 Å². The zero-order chi connectivity index (χ0) is 16.7. The maximum absolute atomic E-state index is 12.0. The third-order valence-electron chi connectivity index (χ3n) is 2.98. The Morgan fingerprint density at radius 2 is 1.91 bits per heavy atom. The van der Waals surface area contributed by atoms with E-state index in [1.165, 1.54) is 7.11 Å². The summed E-state index contributed by atoms with van der Waals surface area (Å²) in [5.74, 6) is -2.74. The normalized spacial score (nSPS) is 14.5. The van der Waals surface area contributed by atoms with Gasteiger partial charge in [-0.25, -0.2) is 4.79 Å². The summed E-state index contributed by atoms with van der Waals surface area (Å²) in [6.07, 6.45) is 0.205. The van der Waals surface area contributed by atoms with Crippen LogP contribution in [0.1, 0.15) is 5.56 Å². The minimum Gasteiger partial charge on any atom is -0.480 e. The summed E-state index contributed by atoms with van der Waals surface area (Å²) in [5.41, 5.74) is 6.34. The predicted octanol–water partition coefficient (Wildman–Crippen LogP) is -0.403. The minimum atomic E-state index is -1.39. The largest absolute Gasteiger partial charge is 0.480 e. The summed E-state index contributed by atoms with van der Waals surface area (Å²) in [7, 11) is 1.20. The second-order valence-electron chi connectivity index (χ2n) is 4.58. The van der Waals surface area contributed by atoms with Crippen molar-refractivity contribution in [3.63, 3.8) is 0 Å². The molecule has 8 heteroatoms. The van der Waals surface area contributed by atoms with E-state index in [2.05, 4.69) is 22.7 Å². The Bertz CT molecular complexity index is 537. The molecule has 0 fully saturated rings. The highest BCUT2D eigenvalue weighted by Crippen LogP contribution is 2.06. The second-order valence-corrected chi connectivity index (χ2v) is 5.14. The molecular weight excluding hydrogens is 308 g/mol. The fourth-order valence-electron chi connectivity index (χ4n) is 1.75. The van der Waals surface area contributed by atoms with E-state index in [9.17, 15) is 14.4 Å². The van der Waals surface area contributed by atoms with Crippen LogP contribution in [0.5, 0.6) is 0 Å². The number of hydrogen-bond acceptors (Lipinski definition) is 6. The maximum atomic E-state index is 12.0. The Morgan fingerprint density at radius 3 is 2.41 bits per heavy atom. The molecule has 1 amide bonds. The van der Waals surface area contributed by atoms with Gasteiger partial charge in [-0.15, -0.1) is 0 Å². The molecule has 1 aromatic rings.